The Balaban J connectivity index is 2.29. The zero-order valence-corrected chi connectivity index (χ0v) is 13.7. The largest absolute Gasteiger partial charge is 0.374 e. The Kier molecular flexibility index (Phi) is 4.86. The van der Waals surface area contributed by atoms with Crippen LogP contribution in [0.1, 0.15) is 24.9 Å². The average Bonchev–Trinajstić information content (AvgIpc) is 2.84. The molecular weight excluding hydrogens is 377 g/mol. The summed E-state index contributed by atoms with van der Waals surface area (Å²) in [5.74, 6) is 0.680. The molecule has 0 bridgehead atoms. The highest BCUT2D eigenvalue weighted by Gasteiger charge is 2.12. The molecule has 19 heavy (non-hydrogen) atoms. The minimum Gasteiger partial charge on any atom is -0.374 e. The second-order valence-electron chi connectivity index (χ2n) is 4.02. The Labute approximate surface area is 128 Å². The summed E-state index contributed by atoms with van der Waals surface area (Å²) < 4.78 is 6.17. The maximum Gasteiger partial charge on any atom is 0.267 e. The van der Waals surface area contributed by atoms with Gasteiger partial charge in [-0.3, -0.25) is 9.36 Å². The number of aromatic nitrogens is 4. The van der Waals surface area contributed by atoms with Gasteiger partial charge in [0, 0.05) is 24.3 Å². The van der Waals surface area contributed by atoms with Crippen LogP contribution >= 0.6 is 34.1 Å². The van der Waals surface area contributed by atoms with Gasteiger partial charge in [0.2, 0.25) is 0 Å². The van der Waals surface area contributed by atoms with E-state index in [9.17, 15) is 4.79 Å². The maximum atomic E-state index is 12.1. The van der Waals surface area contributed by atoms with Crippen molar-refractivity contribution in [1.29, 1.82) is 0 Å². The maximum absolute atomic E-state index is 12.1. The average molecular weight is 391 g/mol. The van der Waals surface area contributed by atoms with Gasteiger partial charge < -0.3 is 5.32 Å². The fourth-order valence-corrected chi connectivity index (χ4v) is 2.60. The van der Waals surface area contributed by atoms with Crippen LogP contribution < -0.4 is 10.9 Å². The van der Waals surface area contributed by atoms with Crippen LogP contribution in [0, 0.1) is 10.5 Å². The third kappa shape index (κ3) is 3.30. The minimum absolute atomic E-state index is 0.0393. The number of nitrogens with zero attached hydrogens (tertiary/aromatic N) is 4. The van der Waals surface area contributed by atoms with Crippen LogP contribution in [-0.2, 0) is 6.54 Å². The van der Waals surface area contributed by atoms with Crippen molar-refractivity contribution in [2.45, 2.75) is 26.8 Å². The molecule has 0 aliphatic heterocycles. The van der Waals surface area contributed by atoms with Gasteiger partial charge in [-0.2, -0.15) is 0 Å². The fourth-order valence-electron chi connectivity index (χ4n) is 1.57. The van der Waals surface area contributed by atoms with Crippen LogP contribution in [0.5, 0.6) is 0 Å². The van der Waals surface area contributed by atoms with Crippen LogP contribution in [0.15, 0.2) is 11.0 Å². The molecule has 0 spiro atoms. The number of anilines is 1. The molecule has 0 saturated carbocycles. The van der Waals surface area contributed by atoms with Crippen molar-refractivity contribution in [3.05, 3.63) is 31.6 Å². The zero-order valence-electron chi connectivity index (χ0n) is 10.7. The van der Waals surface area contributed by atoms with Gasteiger partial charge in [0.05, 0.1) is 10.1 Å². The number of hydrogen-bond acceptors (Lipinski definition) is 6. The lowest BCUT2D eigenvalue weighted by Gasteiger charge is -2.09. The molecule has 0 unspecified atom stereocenters. The van der Waals surface area contributed by atoms with Crippen LogP contribution in [0.4, 0.5) is 5.00 Å². The van der Waals surface area contributed by atoms with E-state index in [1.165, 1.54) is 11.5 Å². The first kappa shape index (κ1) is 14.4. The topological polar surface area (TPSA) is 72.7 Å². The molecule has 1 N–H and O–H groups in total. The molecule has 2 aromatic rings. The minimum atomic E-state index is -0.0393. The Bertz CT molecular complexity index is 624. The van der Waals surface area contributed by atoms with E-state index in [-0.39, 0.29) is 5.56 Å². The van der Waals surface area contributed by atoms with Gasteiger partial charge in [-0.25, -0.2) is 4.98 Å². The summed E-state index contributed by atoms with van der Waals surface area (Å²) in [6.07, 6.45) is 2.62. The van der Waals surface area contributed by atoms with Gasteiger partial charge in [0.15, 0.2) is 0 Å². The summed E-state index contributed by atoms with van der Waals surface area (Å²) in [5, 5.41) is 8.29. The molecule has 0 radical (unpaired) electrons. The standard InChI is InChI=1S/C11H14IN5OS/c1-3-4-13-10-9(15-16-19-10)6-17-7(2)14-5-8(12)11(17)18/h5,13H,3-4,6H2,1-2H3. The normalized spacial score (nSPS) is 10.7. The molecule has 0 fully saturated rings. The molecule has 102 valence electrons. The first-order valence-corrected chi connectivity index (χ1v) is 7.75. The molecule has 8 heteroatoms. The lowest BCUT2D eigenvalue weighted by Crippen LogP contribution is -2.26. The summed E-state index contributed by atoms with van der Waals surface area (Å²) in [6, 6.07) is 0. The second kappa shape index (κ2) is 6.42. The molecule has 2 heterocycles. The number of aryl methyl sites for hydroxylation is 1. The van der Waals surface area contributed by atoms with Crippen molar-refractivity contribution >= 4 is 39.1 Å². The van der Waals surface area contributed by atoms with Gasteiger partial charge in [0.25, 0.3) is 5.56 Å². The van der Waals surface area contributed by atoms with Crippen molar-refractivity contribution < 1.29 is 0 Å². The molecule has 0 aliphatic carbocycles. The Morgan fingerprint density at radius 2 is 2.32 bits per heavy atom. The number of nitrogens with one attached hydrogen (secondary N) is 1. The van der Waals surface area contributed by atoms with E-state index in [2.05, 4.69) is 26.8 Å². The van der Waals surface area contributed by atoms with Gasteiger partial charge in [0.1, 0.15) is 16.5 Å². The smallest absolute Gasteiger partial charge is 0.267 e. The van der Waals surface area contributed by atoms with E-state index in [4.69, 9.17) is 0 Å². The van der Waals surface area contributed by atoms with Crippen molar-refractivity contribution in [1.82, 2.24) is 19.1 Å². The lowest BCUT2D eigenvalue weighted by molar-refractivity contribution is 0.679. The molecule has 0 aliphatic rings. The highest BCUT2D eigenvalue weighted by Crippen LogP contribution is 2.18. The van der Waals surface area contributed by atoms with E-state index in [1.807, 2.05) is 29.5 Å². The summed E-state index contributed by atoms with van der Waals surface area (Å²) >= 11 is 3.31. The Morgan fingerprint density at radius 1 is 1.53 bits per heavy atom. The summed E-state index contributed by atoms with van der Waals surface area (Å²) in [7, 11) is 0. The van der Waals surface area contributed by atoms with Crippen LogP contribution in [-0.4, -0.2) is 25.7 Å². The molecule has 0 saturated heterocycles. The first-order chi connectivity index (χ1) is 9.13. The van der Waals surface area contributed by atoms with Gasteiger partial charge in [-0.05, 0) is 35.9 Å². The molecule has 0 atom stereocenters. The van der Waals surface area contributed by atoms with Crippen molar-refractivity contribution in [2.24, 2.45) is 0 Å². The highest BCUT2D eigenvalue weighted by atomic mass is 127. The third-order valence-electron chi connectivity index (χ3n) is 2.60. The number of hydrogen-bond donors (Lipinski definition) is 1. The second-order valence-corrected chi connectivity index (χ2v) is 5.94. The fraction of sp³-hybridized carbons (Fsp3) is 0.455. The lowest BCUT2D eigenvalue weighted by atomic mass is 10.4. The van der Waals surface area contributed by atoms with Crippen LogP contribution in [0.25, 0.3) is 0 Å². The predicted octanol–water partition coefficient (Wildman–Crippen LogP) is 1.88. The third-order valence-corrected chi connectivity index (χ3v) is 4.07. The zero-order chi connectivity index (χ0) is 13.8. The van der Waals surface area contributed by atoms with Crippen molar-refractivity contribution in [2.75, 3.05) is 11.9 Å². The van der Waals surface area contributed by atoms with E-state index in [1.54, 1.807) is 10.8 Å². The van der Waals surface area contributed by atoms with Crippen LogP contribution in [0.2, 0.25) is 0 Å². The van der Waals surface area contributed by atoms with Crippen molar-refractivity contribution in [3.63, 3.8) is 0 Å². The molecule has 0 amide bonds. The first-order valence-electron chi connectivity index (χ1n) is 5.90. The number of halogens is 1. The van der Waals surface area contributed by atoms with E-state index >= 15 is 0 Å². The van der Waals surface area contributed by atoms with Gasteiger partial charge >= 0.3 is 0 Å². The summed E-state index contributed by atoms with van der Waals surface area (Å²) in [4.78, 5) is 16.3. The van der Waals surface area contributed by atoms with Crippen molar-refractivity contribution in [3.8, 4) is 0 Å². The molecular formula is C11H14IN5OS. The van der Waals surface area contributed by atoms with Gasteiger partial charge in [-0.1, -0.05) is 11.4 Å². The highest BCUT2D eigenvalue weighted by molar-refractivity contribution is 14.1. The number of rotatable bonds is 5. The summed E-state index contributed by atoms with van der Waals surface area (Å²) in [5.41, 5.74) is 0.745. The van der Waals surface area contributed by atoms with E-state index < -0.39 is 0 Å². The van der Waals surface area contributed by atoms with E-state index in [0.29, 0.717) is 15.9 Å². The monoisotopic (exact) mass is 391 g/mol. The summed E-state index contributed by atoms with van der Waals surface area (Å²) in [6.45, 7) is 5.18. The molecule has 0 aromatic carbocycles. The van der Waals surface area contributed by atoms with Crippen LogP contribution in [0.3, 0.4) is 0 Å². The quantitative estimate of drug-likeness (QED) is 0.789. The Morgan fingerprint density at radius 3 is 3.05 bits per heavy atom. The predicted molar refractivity (Wildman–Crippen MR) is 83.7 cm³/mol. The SMILES string of the molecule is CCCNc1snnc1Cn1c(C)ncc(I)c1=O. The molecule has 6 nitrogen and oxygen atoms in total. The van der Waals surface area contributed by atoms with Gasteiger partial charge in [-0.15, -0.1) is 5.10 Å². The molecule has 2 rings (SSSR count). The Hall–Kier alpha value is -1.03. The van der Waals surface area contributed by atoms with E-state index in [0.717, 1.165) is 23.7 Å². The molecule has 2 aromatic heterocycles.